The zero-order valence-corrected chi connectivity index (χ0v) is 19.6. The number of fused-ring (bicyclic) bond motifs is 1. The number of carbonyl (C=O) groups is 1. The summed E-state index contributed by atoms with van der Waals surface area (Å²) in [5.74, 6) is -0.408. The Labute approximate surface area is 207 Å². The molecule has 0 fully saturated rings. The van der Waals surface area contributed by atoms with Crippen LogP contribution in [0.15, 0.2) is 85.2 Å². The predicted molar refractivity (Wildman–Crippen MR) is 138 cm³/mol. The molecule has 3 heterocycles. The fourth-order valence-electron chi connectivity index (χ4n) is 3.87. The van der Waals surface area contributed by atoms with Gasteiger partial charge in [-0.1, -0.05) is 54.1 Å². The quantitative estimate of drug-likeness (QED) is 0.345. The molecule has 5 rings (SSSR count). The summed E-state index contributed by atoms with van der Waals surface area (Å²) in [7, 11) is 0. The summed E-state index contributed by atoms with van der Waals surface area (Å²) in [4.78, 5) is 31.2. The van der Waals surface area contributed by atoms with Gasteiger partial charge < -0.3 is 11.1 Å². The van der Waals surface area contributed by atoms with Crippen LogP contribution in [0.2, 0.25) is 5.02 Å². The molecule has 0 saturated carbocycles. The van der Waals surface area contributed by atoms with Gasteiger partial charge >= 0.3 is 0 Å². The minimum Gasteiger partial charge on any atom is -0.382 e. The first kappa shape index (κ1) is 22.4. The summed E-state index contributed by atoms with van der Waals surface area (Å²) in [6.45, 7) is 1.85. The smallest absolute Gasteiger partial charge is 0.274 e. The van der Waals surface area contributed by atoms with Gasteiger partial charge in [-0.2, -0.15) is 0 Å². The molecule has 1 atom stereocenters. The minimum atomic E-state index is -0.442. The van der Waals surface area contributed by atoms with Crippen LogP contribution >= 0.6 is 11.6 Å². The van der Waals surface area contributed by atoms with Gasteiger partial charge in [-0.3, -0.25) is 14.8 Å². The van der Waals surface area contributed by atoms with Gasteiger partial charge in [0.05, 0.1) is 33.7 Å². The number of benzene rings is 2. The SMILES string of the molecule is C[C@H](NC(=O)c1nc(-c2cc(Cl)c3ncccc3c2)c(-c2ccccc2)nc1N)c1ccccn1. The monoisotopic (exact) mass is 480 g/mol. The minimum absolute atomic E-state index is 0.0323. The Morgan fingerprint density at radius 3 is 2.40 bits per heavy atom. The maximum atomic E-state index is 13.2. The van der Waals surface area contributed by atoms with Gasteiger partial charge in [0.15, 0.2) is 11.5 Å². The van der Waals surface area contributed by atoms with Gasteiger partial charge in [-0.05, 0) is 37.3 Å². The van der Waals surface area contributed by atoms with Gasteiger partial charge in [0.1, 0.15) is 0 Å². The lowest BCUT2D eigenvalue weighted by molar-refractivity contribution is 0.0935. The average Bonchev–Trinajstić information content (AvgIpc) is 2.89. The molecular formula is C27H21ClN6O. The summed E-state index contributed by atoms with van der Waals surface area (Å²) in [5, 5.41) is 4.24. The van der Waals surface area contributed by atoms with E-state index in [1.54, 1.807) is 18.5 Å². The van der Waals surface area contributed by atoms with Crippen molar-refractivity contribution in [2.45, 2.75) is 13.0 Å². The van der Waals surface area contributed by atoms with Gasteiger partial charge in [0.25, 0.3) is 5.91 Å². The van der Waals surface area contributed by atoms with Crippen LogP contribution in [0.1, 0.15) is 29.1 Å². The zero-order chi connectivity index (χ0) is 24.4. The van der Waals surface area contributed by atoms with E-state index >= 15 is 0 Å². The number of hydrogen-bond acceptors (Lipinski definition) is 6. The molecule has 0 aliphatic carbocycles. The Hall–Kier alpha value is -4.36. The highest BCUT2D eigenvalue weighted by molar-refractivity contribution is 6.35. The maximum Gasteiger partial charge on any atom is 0.274 e. The van der Waals surface area contributed by atoms with Crippen LogP contribution in [-0.2, 0) is 0 Å². The van der Waals surface area contributed by atoms with E-state index in [0.717, 1.165) is 16.6 Å². The van der Waals surface area contributed by atoms with Crippen molar-refractivity contribution in [1.29, 1.82) is 0 Å². The van der Waals surface area contributed by atoms with Gasteiger partial charge in [0, 0.05) is 28.9 Å². The normalized spacial score (nSPS) is 11.8. The van der Waals surface area contributed by atoms with E-state index in [0.29, 0.717) is 27.5 Å². The summed E-state index contributed by atoms with van der Waals surface area (Å²) in [6, 6.07) is 22.2. The van der Waals surface area contributed by atoms with Crippen molar-refractivity contribution in [3.63, 3.8) is 0 Å². The van der Waals surface area contributed by atoms with Crippen LogP contribution in [0.25, 0.3) is 33.4 Å². The Balaban J connectivity index is 1.63. The molecule has 1 amide bonds. The molecule has 2 aromatic carbocycles. The molecule has 35 heavy (non-hydrogen) atoms. The lowest BCUT2D eigenvalue weighted by Gasteiger charge is -2.16. The van der Waals surface area contributed by atoms with E-state index in [1.165, 1.54) is 0 Å². The van der Waals surface area contributed by atoms with Crippen LogP contribution in [0.3, 0.4) is 0 Å². The number of anilines is 1. The number of nitrogens with zero attached hydrogens (tertiary/aromatic N) is 4. The molecule has 3 N–H and O–H groups in total. The van der Waals surface area contributed by atoms with E-state index in [1.807, 2.05) is 73.7 Å². The van der Waals surface area contributed by atoms with E-state index in [4.69, 9.17) is 22.3 Å². The zero-order valence-electron chi connectivity index (χ0n) is 18.8. The summed E-state index contributed by atoms with van der Waals surface area (Å²) in [5.41, 5.74) is 10.3. The second-order valence-electron chi connectivity index (χ2n) is 8.00. The number of nitrogens with two attached hydrogens (primary N) is 1. The third-order valence-electron chi connectivity index (χ3n) is 5.60. The Morgan fingerprint density at radius 2 is 1.63 bits per heavy atom. The second kappa shape index (κ2) is 9.48. The number of nitrogen functional groups attached to an aromatic ring is 1. The molecule has 7 nitrogen and oxygen atoms in total. The van der Waals surface area contributed by atoms with Crippen LogP contribution in [0.4, 0.5) is 5.82 Å². The van der Waals surface area contributed by atoms with Gasteiger partial charge in [-0.25, -0.2) is 9.97 Å². The molecule has 0 aliphatic rings. The molecule has 0 aliphatic heterocycles. The van der Waals surface area contributed by atoms with Crippen LogP contribution in [0.5, 0.6) is 0 Å². The van der Waals surface area contributed by atoms with Crippen molar-refractivity contribution in [3.8, 4) is 22.5 Å². The highest BCUT2D eigenvalue weighted by atomic mass is 35.5. The predicted octanol–water partition coefficient (Wildman–Crippen LogP) is 5.48. The molecular weight excluding hydrogens is 460 g/mol. The first-order chi connectivity index (χ1) is 17.0. The number of rotatable bonds is 5. The van der Waals surface area contributed by atoms with E-state index in [-0.39, 0.29) is 17.6 Å². The third-order valence-corrected chi connectivity index (χ3v) is 5.88. The van der Waals surface area contributed by atoms with Gasteiger partial charge in [0.2, 0.25) is 0 Å². The molecule has 8 heteroatoms. The number of nitrogens with one attached hydrogen (secondary N) is 1. The highest BCUT2D eigenvalue weighted by Gasteiger charge is 2.22. The van der Waals surface area contributed by atoms with Crippen molar-refractivity contribution in [2.24, 2.45) is 0 Å². The van der Waals surface area contributed by atoms with Crippen molar-refractivity contribution in [2.75, 3.05) is 5.73 Å². The maximum absolute atomic E-state index is 13.2. The fraction of sp³-hybridized carbons (Fsp3) is 0.0741. The van der Waals surface area contributed by atoms with Crippen LogP contribution in [-0.4, -0.2) is 25.8 Å². The van der Waals surface area contributed by atoms with Crippen molar-refractivity contribution >= 4 is 34.2 Å². The van der Waals surface area contributed by atoms with E-state index < -0.39 is 5.91 Å². The third kappa shape index (κ3) is 4.54. The Morgan fingerprint density at radius 1 is 0.886 bits per heavy atom. The lowest BCUT2D eigenvalue weighted by Crippen LogP contribution is -2.29. The molecule has 0 radical (unpaired) electrons. The number of hydrogen-bond donors (Lipinski definition) is 2. The fourth-order valence-corrected chi connectivity index (χ4v) is 4.15. The van der Waals surface area contributed by atoms with Crippen molar-refractivity contribution < 1.29 is 4.79 Å². The topological polar surface area (TPSA) is 107 Å². The molecule has 172 valence electrons. The second-order valence-corrected chi connectivity index (χ2v) is 8.41. The molecule has 0 unspecified atom stereocenters. The molecule has 0 spiro atoms. The Bertz CT molecular complexity index is 1530. The summed E-state index contributed by atoms with van der Waals surface area (Å²) in [6.07, 6.45) is 3.37. The van der Waals surface area contributed by atoms with Crippen LogP contribution < -0.4 is 11.1 Å². The molecule has 3 aromatic heterocycles. The summed E-state index contributed by atoms with van der Waals surface area (Å²) >= 11 is 6.56. The molecule has 5 aromatic rings. The standard InChI is InChI=1S/C27H21ClN6O/c1-16(21-11-5-6-12-30-21)32-27(35)25-26(29)34-23(17-8-3-2-4-9-17)24(33-25)19-14-18-10-7-13-31-22(18)20(28)15-19/h2-16H,1H3,(H2,29,34)(H,32,35)/t16-/m0/s1. The number of halogens is 1. The summed E-state index contributed by atoms with van der Waals surface area (Å²) < 4.78 is 0. The van der Waals surface area contributed by atoms with Crippen molar-refractivity contribution in [3.05, 3.63) is 102 Å². The van der Waals surface area contributed by atoms with Crippen LogP contribution in [0, 0.1) is 0 Å². The first-order valence-electron chi connectivity index (χ1n) is 11.0. The van der Waals surface area contributed by atoms with E-state index in [9.17, 15) is 4.79 Å². The van der Waals surface area contributed by atoms with Crippen molar-refractivity contribution in [1.82, 2.24) is 25.3 Å². The molecule has 0 saturated heterocycles. The molecule has 0 bridgehead atoms. The lowest BCUT2D eigenvalue weighted by atomic mass is 10.0. The number of aromatic nitrogens is 4. The van der Waals surface area contributed by atoms with E-state index in [2.05, 4.69) is 20.3 Å². The Kier molecular flexibility index (Phi) is 6.08. The largest absolute Gasteiger partial charge is 0.382 e. The number of pyridine rings is 2. The first-order valence-corrected chi connectivity index (χ1v) is 11.4. The number of amides is 1. The highest BCUT2D eigenvalue weighted by Crippen LogP contribution is 2.35. The number of carbonyl (C=O) groups excluding carboxylic acids is 1. The van der Waals surface area contributed by atoms with Gasteiger partial charge in [-0.15, -0.1) is 0 Å². The average molecular weight is 481 g/mol.